The maximum Gasteiger partial charge on any atom is 0.305 e. The molecule has 0 amide bonds. The Balaban J connectivity index is 3.42. The van der Waals surface area contributed by atoms with Crippen LogP contribution in [0.5, 0.6) is 0 Å². The highest BCUT2D eigenvalue weighted by Gasteiger charge is 2.08. The van der Waals surface area contributed by atoms with Gasteiger partial charge in [0.1, 0.15) is 6.61 Å². The second kappa shape index (κ2) is 10.4. The van der Waals surface area contributed by atoms with Gasteiger partial charge in [-0.15, -0.1) is 11.6 Å². The number of esters is 2. The summed E-state index contributed by atoms with van der Waals surface area (Å²) in [6, 6.07) is 0. The van der Waals surface area contributed by atoms with Crippen molar-refractivity contribution in [3.8, 4) is 0 Å². The van der Waals surface area contributed by atoms with Crippen LogP contribution in [0.4, 0.5) is 0 Å². The molecular formula is C12H21ClO4. The summed E-state index contributed by atoms with van der Waals surface area (Å²) < 4.78 is 9.81. The van der Waals surface area contributed by atoms with Crippen LogP contribution in [-0.2, 0) is 19.1 Å². The molecule has 0 heterocycles. The van der Waals surface area contributed by atoms with E-state index in [1.807, 2.05) is 6.92 Å². The highest BCUT2D eigenvalue weighted by Crippen LogP contribution is 2.02. The van der Waals surface area contributed by atoms with Crippen LogP contribution in [0.2, 0.25) is 0 Å². The Hall–Kier alpha value is -0.770. The van der Waals surface area contributed by atoms with Crippen LogP contribution in [0, 0.1) is 0 Å². The van der Waals surface area contributed by atoms with Crippen molar-refractivity contribution in [2.45, 2.75) is 51.3 Å². The number of halogens is 1. The molecule has 0 bridgehead atoms. The lowest BCUT2D eigenvalue weighted by Gasteiger charge is -2.06. The molecular weight excluding hydrogens is 244 g/mol. The van der Waals surface area contributed by atoms with Crippen molar-refractivity contribution in [3.05, 3.63) is 0 Å². The predicted molar refractivity (Wildman–Crippen MR) is 66.0 cm³/mol. The van der Waals surface area contributed by atoms with Gasteiger partial charge >= 0.3 is 11.9 Å². The Kier molecular flexibility index (Phi) is 9.92. The number of rotatable bonds is 9. The molecule has 4 nitrogen and oxygen atoms in total. The summed E-state index contributed by atoms with van der Waals surface area (Å²) in [4.78, 5) is 22.3. The molecule has 0 aliphatic heterocycles. The third-order valence-corrected chi connectivity index (χ3v) is 2.12. The Morgan fingerprint density at radius 1 is 1.12 bits per heavy atom. The van der Waals surface area contributed by atoms with Gasteiger partial charge in [0.05, 0.1) is 12.0 Å². The Labute approximate surface area is 108 Å². The van der Waals surface area contributed by atoms with Crippen LogP contribution in [0.3, 0.4) is 0 Å². The molecule has 1 atom stereocenters. The summed E-state index contributed by atoms with van der Waals surface area (Å²) in [7, 11) is 0. The number of hydrogen-bond acceptors (Lipinski definition) is 4. The molecule has 0 radical (unpaired) electrons. The van der Waals surface area contributed by atoms with E-state index in [1.165, 1.54) is 0 Å². The second-order valence-electron chi connectivity index (χ2n) is 3.89. The topological polar surface area (TPSA) is 52.6 Å². The smallest absolute Gasteiger partial charge is 0.305 e. The lowest BCUT2D eigenvalue weighted by Crippen LogP contribution is -2.12. The van der Waals surface area contributed by atoms with Gasteiger partial charge < -0.3 is 9.47 Å². The van der Waals surface area contributed by atoms with Gasteiger partial charge in [-0.1, -0.05) is 13.3 Å². The Morgan fingerprint density at radius 3 is 2.24 bits per heavy atom. The summed E-state index contributed by atoms with van der Waals surface area (Å²) in [6.45, 7) is 4.45. The number of carbonyl (C=O) groups excluding carboxylic acids is 2. The van der Waals surface area contributed by atoms with Crippen molar-refractivity contribution in [1.82, 2.24) is 0 Å². The molecule has 0 aromatic carbocycles. The third kappa shape index (κ3) is 11.5. The first-order chi connectivity index (χ1) is 8.06. The first kappa shape index (κ1) is 16.2. The molecule has 17 heavy (non-hydrogen) atoms. The van der Waals surface area contributed by atoms with Crippen molar-refractivity contribution in [1.29, 1.82) is 0 Å². The molecule has 0 aliphatic carbocycles. The van der Waals surface area contributed by atoms with Crippen molar-refractivity contribution < 1.29 is 19.1 Å². The zero-order valence-electron chi connectivity index (χ0n) is 10.5. The largest absolute Gasteiger partial charge is 0.466 e. The maximum atomic E-state index is 11.2. The van der Waals surface area contributed by atoms with Gasteiger partial charge in [-0.05, 0) is 19.8 Å². The minimum atomic E-state index is -0.321. The van der Waals surface area contributed by atoms with Gasteiger partial charge in [-0.3, -0.25) is 9.59 Å². The average Bonchev–Trinajstić information content (AvgIpc) is 2.27. The minimum absolute atomic E-state index is 0.182. The fourth-order valence-corrected chi connectivity index (χ4v) is 1.12. The molecule has 1 unspecified atom stereocenters. The third-order valence-electron chi connectivity index (χ3n) is 2.00. The molecule has 0 fully saturated rings. The zero-order chi connectivity index (χ0) is 13.1. The van der Waals surface area contributed by atoms with Gasteiger partial charge in [0.15, 0.2) is 0 Å². The molecule has 0 spiro atoms. The van der Waals surface area contributed by atoms with Crippen LogP contribution < -0.4 is 0 Å². The highest BCUT2D eigenvalue weighted by molar-refractivity contribution is 6.20. The molecule has 0 rings (SSSR count). The number of alkyl halides is 1. The predicted octanol–water partition coefficient (Wildman–Crippen LogP) is 2.67. The monoisotopic (exact) mass is 264 g/mol. The maximum absolute atomic E-state index is 11.2. The summed E-state index contributed by atoms with van der Waals surface area (Å²) in [5.74, 6) is -0.573. The summed E-state index contributed by atoms with van der Waals surface area (Å²) in [5, 5.41) is -0.182. The Morgan fingerprint density at radius 2 is 1.71 bits per heavy atom. The van der Waals surface area contributed by atoms with Crippen LogP contribution >= 0.6 is 11.6 Å². The number of ether oxygens (including phenoxy) is 2. The fraction of sp³-hybridized carbons (Fsp3) is 0.833. The molecule has 100 valence electrons. The van der Waals surface area contributed by atoms with Crippen molar-refractivity contribution in [2.75, 3.05) is 13.2 Å². The lowest BCUT2D eigenvalue weighted by atomic mass is 10.2. The first-order valence-corrected chi connectivity index (χ1v) is 6.45. The summed E-state index contributed by atoms with van der Waals surface area (Å²) in [6.07, 6.45) is 2.82. The normalized spacial score (nSPS) is 11.9. The average molecular weight is 265 g/mol. The van der Waals surface area contributed by atoms with E-state index in [-0.39, 0.29) is 36.8 Å². The molecule has 0 saturated carbocycles. The summed E-state index contributed by atoms with van der Waals surface area (Å²) >= 11 is 5.63. The van der Waals surface area contributed by atoms with Crippen molar-refractivity contribution in [3.63, 3.8) is 0 Å². The number of carbonyl (C=O) groups is 2. The van der Waals surface area contributed by atoms with Crippen LogP contribution in [0.15, 0.2) is 0 Å². The second-order valence-corrected chi connectivity index (χ2v) is 4.64. The van der Waals surface area contributed by atoms with E-state index in [9.17, 15) is 9.59 Å². The molecule has 0 aromatic heterocycles. The number of unbranched alkanes of at least 4 members (excludes halogenated alkanes) is 1. The van der Waals surface area contributed by atoms with Gasteiger partial charge in [-0.2, -0.15) is 0 Å². The van der Waals surface area contributed by atoms with Gasteiger partial charge in [0, 0.05) is 12.8 Å². The molecule has 0 aromatic rings. The highest BCUT2D eigenvalue weighted by atomic mass is 35.5. The summed E-state index contributed by atoms with van der Waals surface area (Å²) in [5.41, 5.74) is 0. The van der Waals surface area contributed by atoms with Crippen LogP contribution in [0.25, 0.3) is 0 Å². The van der Waals surface area contributed by atoms with E-state index in [4.69, 9.17) is 21.1 Å². The Bertz CT molecular complexity index is 229. The van der Waals surface area contributed by atoms with Gasteiger partial charge in [-0.25, -0.2) is 0 Å². The van der Waals surface area contributed by atoms with E-state index in [1.54, 1.807) is 6.92 Å². The standard InChI is InChI=1S/C12H21ClO4/c1-3-4-8-16-11(14)6-5-7-12(15)17-9-10(2)13/h10H,3-9H2,1-2H3. The number of hydrogen-bond donors (Lipinski definition) is 0. The molecule has 0 aliphatic rings. The molecule has 5 heteroatoms. The van der Waals surface area contributed by atoms with E-state index in [0.717, 1.165) is 12.8 Å². The zero-order valence-corrected chi connectivity index (χ0v) is 11.3. The molecule has 0 N–H and O–H groups in total. The van der Waals surface area contributed by atoms with Crippen LogP contribution in [0.1, 0.15) is 46.0 Å². The first-order valence-electron chi connectivity index (χ1n) is 6.01. The van der Waals surface area contributed by atoms with Gasteiger partial charge in [0.2, 0.25) is 0 Å². The minimum Gasteiger partial charge on any atom is -0.466 e. The van der Waals surface area contributed by atoms with Crippen molar-refractivity contribution >= 4 is 23.5 Å². The van der Waals surface area contributed by atoms with E-state index < -0.39 is 0 Å². The van der Waals surface area contributed by atoms with Crippen molar-refractivity contribution in [2.24, 2.45) is 0 Å². The quantitative estimate of drug-likeness (QED) is 0.365. The van der Waals surface area contributed by atoms with E-state index in [0.29, 0.717) is 13.0 Å². The lowest BCUT2D eigenvalue weighted by molar-refractivity contribution is -0.145. The van der Waals surface area contributed by atoms with E-state index in [2.05, 4.69) is 0 Å². The fourth-order valence-electron chi connectivity index (χ4n) is 1.06. The van der Waals surface area contributed by atoms with Gasteiger partial charge in [0.25, 0.3) is 0 Å². The van der Waals surface area contributed by atoms with Crippen LogP contribution in [-0.4, -0.2) is 30.5 Å². The SMILES string of the molecule is CCCCOC(=O)CCCC(=O)OCC(C)Cl. The molecule has 0 saturated heterocycles. The van der Waals surface area contributed by atoms with E-state index >= 15 is 0 Å².